The van der Waals surface area contributed by atoms with Gasteiger partial charge in [-0.3, -0.25) is 4.79 Å². The van der Waals surface area contributed by atoms with Crippen molar-refractivity contribution in [2.75, 3.05) is 25.0 Å². The number of carbonyl (C=O) groups excluding carboxylic acids is 1. The SMILES string of the molecule is COc1ccc(-c2nc(SCC(=O)Nc3ccc4c(c3)OCO4)c(-c3ccc(F)cc3)[nH]2)cc1. The summed E-state index contributed by atoms with van der Waals surface area (Å²) in [6, 6.07) is 18.9. The summed E-state index contributed by atoms with van der Waals surface area (Å²) in [5.41, 5.74) is 2.97. The van der Waals surface area contributed by atoms with E-state index in [1.54, 1.807) is 37.4 Å². The zero-order chi connectivity index (χ0) is 23.5. The van der Waals surface area contributed by atoms with Gasteiger partial charge in [0.05, 0.1) is 18.6 Å². The molecule has 34 heavy (non-hydrogen) atoms. The predicted octanol–water partition coefficient (Wildman–Crippen LogP) is 5.35. The molecule has 0 atom stereocenters. The lowest BCUT2D eigenvalue weighted by atomic mass is 10.2. The van der Waals surface area contributed by atoms with Crippen LogP contribution < -0.4 is 19.5 Å². The second kappa shape index (κ2) is 9.48. The maximum atomic E-state index is 13.5. The fraction of sp³-hybridized carbons (Fsp3) is 0.120. The zero-order valence-corrected chi connectivity index (χ0v) is 18.9. The van der Waals surface area contributed by atoms with Gasteiger partial charge in [0, 0.05) is 22.9 Å². The molecule has 4 aromatic rings. The number of aromatic nitrogens is 2. The Hall–Kier alpha value is -3.98. The van der Waals surface area contributed by atoms with Crippen LogP contribution in [0, 0.1) is 5.82 Å². The summed E-state index contributed by atoms with van der Waals surface area (Å²) in [5.74, 6) is 2.25. The molecule has 3 aromatic carbocycles. The topological polar surface area (TPSA) is 85.5 Å². The van der Waals surface area contributed by atoms with E-state index in [0.29, 0.717) is 33.7 Å². The van der Waals surface area contributed by atoms with E-state index in [2.05, 4.69) is 10.3 Å². The summed E-state index contributed by atoms with van der Waals surface area (Å²) >= 11 is 1.29. The number of fused-ring (bicyclic) bond motifs is 1. The highest BCUT2D eigenvalue weighted by Gasteiger charge is 2.17. The molecule has 1 aromatic heterocycles. The van der Waals surface area contributed by atoms with Crippen LogP contribution in [0.25, 0.3) is 22.6 Å². The van der Waals surface area contributed by atoms with Crippen molar-refractivity contribution in [3.63, 3.8) is 0 Å². The Morgan fingerprint density at radius 1 is 1.06 bits per heavy atom. The molecule has 0 aliphatic carbocycles. The first-order valence-electron chi connectivity index (χ1n) is 10.4. The van der Waals surface area contributed by atoms with Crippen LogP contribution in [0.4, 0.5) is 10.1 Å². The smallest absolute Gasteiger partial charge is 0.234 e. The summed E-state index contributed by atoms with van der Waals surface area (Å²) in [5, 5.41) is 3.50. The molecular weight excluding hydrogens is 457 g/mol. The zero-order valence-electron chi connectivity index (χ0n) is 18.1. The van der Waals surface area contributed by atoms with Gasteiger partial charge in [-0.25, -0.2) is 9.37 Å². The monoisotopic (exact) mass is 477 g/mol. The molecule has 0 saturated heterocycles. The summed E-state index contributed by atoms with van der Waals surface area (Å²) in [6.45, 7) is 0.171. The van der Waals surface area contributed by atoms with E-state index in [9.17, 15) is 9.18 Å². The van der Waals surface area contributed by atoms with Crippen LogP contribution in [0.2, 0.25) is 0 Å². The van der Waals surface area contributed by atoms with E-state index in [1.165, 1.54) is 23.9 Å². The van der Waals surface area contributed by atoms with Crippen molar-refractivity contribution in [3.8, 4) is 39.9 Å². The minimum absolute atomic E-state index is 0.134. The van der Waals surface area contributed by atoms with Gasteiger partial charge in [-0.05, 0) is 60.7 Å². The largest absolute Gasteiger partial charge is 0.497 e. The molecule has 172 valence electrons. The van der Waals surface area contributed by atoms with Crippen LogP contribution in [-0.2, 0) is 4.79 Å². The van der Waals surface area contributed by atoms with Crippen molar-refractivity contribution in [2.24, 2.45) is 0 Å². The van der Waals surface area contributed by atoms with Gasteiger partial charge in [0.2, 0.25) is 12.7 Å². The van der Waals surface area contributed by atoms with Crippen molar-refractivity contribution in [1.29, 1.82) is 0 Å². The van der Waals surface area contributed by atoms with Crippen LogP contribution in [0.15, 0.2) is 71.8 Å². The number of thioether (sulfide) groups is 1. The fourth-order valence-electron chi connectivity index (χ4n) is 3.46. The number of carbonyl (C=O) groups is 1. The third kappa shape index (κ3) is 4.69. The number of hydrogen-bond donors (Lipinski definition) is 2. The van der Waals surface area contributed by atoms with E-state index in [4.69, 9.17) is 19.2 Å². The summed E-state index contributed by atoms with van der Waals surface area (Å²) in [7, 11) is 1.61. The maximum Gasteiger partial charge on any atom is 0.234 e. The van der Waals surface area contributed by atoms with Gasteiger partial charge < -0.3 is 24.5 Å². The van der Waals surface area contributed by atoms with Gasteiger partial charge in [0.25, 0.3) is 0 Å². The molecule has 7 nitrogen and oxygen atoms in total. The van der Waals surface area contributed by atoms with Crippen molar-refractivity contribution in [2.45, 2.75) is 5.03 Å². The van der Waals surface area contributed by atoms with Crippen LogP contribution in [0.3, 0.4) is 0 Å². The summed E-state index contributed by atoms with van der Waals surface area (Å²) in [4.78, 5) is 20.7. The molecule has 2 N–H and O–H groups in total. The second-order valence-corrected chi connectivity index (χ2v) is 8.37. The molecule has 1 amide bonds. The summed E-state index contributed by atoms with van der Waals surface area (Å²) in [6.07, 6.45) is 0. The van der Waals surface area contributed by atoms with E-state index in [0.717, 1.165) is 16.9 Å². The number of ether oxygens (including phenoxy) is 3. The lowest BCUT2D eigenvalue weighted by Crippen LogP contribution is -2.14. The third-order valence-electron chi connectivity index (χ3n) is 5.16. The van der Waals surface area contributed by atoms with Gasteiger partial charge in [0.1, 0.15) is 22.4 Å². The van der Waals surface area contributed by atoms with Crippen molar-refractivity contribution >= 4 is 23.4 Å². The number of rotatable bonds is 7. The Morgan fingerprint density at radius 2 is 1.79 bits per heavy atom. The van der Waals surface area contributed by atoms with Crippen molar-refractivity contribution in [1.82, 2.24) is 9.97 Å². The van der Waals surface area contributed by atoms with Gasteiger partial charge in [0.15, 0.2) is 11.5 Å². The minimum Gasteiger partial charge on any atom is -0.497 e. The normalized spacial score (nSPS) is 11.9. The van der Waals surface area contributed by atoms with E-state index < -0.39 is 0 Å². The third-order valence-corrected chi connectivity index (χ3v) is 6.14. The van der Waals surface area contributed by atoms with Gasteiger partial charge in [-0.2, -0.15) is 0 Å². The molecule has 0 bridgehead atoms. The van der Waals surface area contributed by atoms with Gasteiger partial charge in [-0.1, -0.05) is 11.8 Å². The van der Waals surface area contributed by atoms with Crippen LogP contribution >= 0.6 is 11.8 Å². The number of halogens is 1. The molecule has 0 spiro atoms. The van der Waals surface area contributed by atoms with Crippen LogP contribution in [0.1, 0.15) is 0 Å². The Balaban J connectivity index is 1.36. The highest BCUT2D eigenvalue weighted by atomic mass is 32.2. The molecule has 0 radical (unpaired) electrons. The summed E-state index contributed by atoms with van der Waals surface area (Å²) < 4.78 is 29.4. The van der Waals surface area contributed by atoms with E-state index >= 15 is 0 Å². The second-order valence-electron chi connectivity index (χ2n) is 7.41. The molecule has 9 heteroatoms. The Kier molecular flexibility index (Phi) is 6.09. The van der Waals surface area contributed by atoms with Crippen LogP contribution in [0.5, 0.6) is 17.2 Å². The highest BCUT2D eigenvalue weighted by molar-refractivity contribution is 8.00. The number of nitrogens with one attached hydrogen (secondary N) is 2. The molecule has 1 aliphatic rings. The lowest BCUT2D eigenvalue weighted by Gasteiger charge is -2.06. The Bertz CT molecular complexity index is 1320. The minimum atomic E-state index is -0.323. The molecule has 0 unspecified atom stereocenters. The first kappa shape index (κ1) is 21.8. The molecule has 2 heterocycles. The quantitative estimate of drug-likeness (QED) is 0.349. The van der Waals surface area contributed by atoms with Gasteiger partial charge in [-0.15, -0.1) is 0 Å². The molecular formula is C25H20FN3O4S. The number of amides is 1. The number of hydrogen-bond acceptors (Lipinski definition) is 6. The first-order chi connectivity index (χ1) is 16.6. The number of aromatic amines is 1. The van der Waals surface area contributed by atoms with Crippen molar-refractivity contribution < 1.29 is 23.4 Å². The molecule has 0 fully saturated rings. The Morgan fingerprint density at radius 3 is 2.56 bits per heavy atom. The van der Waals surface area contributed by atoms with Gasteiger partial charge >= 0.3 is 0 Å². The predicted molar refractivity (Wildman–Crippen MR) is 128 cm³/mol. The average Bonchev–Trinajstić information content (AvgIpc) is 3.50. The number of anilines is 1. The van der Waals surface area contributed by atoms with E-state index in [1.807, 2.05) is 24.3 Å². The number of benzene rings is 3. The van der Waals surface area contributed by atoms with E-state index in [-0.39, 0.29) is 24.3 Å². The Labute approximate surface area is 199 Å². The number of nitrogens with zero attached hydrogens (tertiary/aromatic N) is 1. The maximum absolute atomic E-state index is 13.5. The van der Waals surface area contributed by atoms with Crippen LogP contribution in [-0.4, -0.2) is 35.5 Å². The average molecular weight is 478 g/mol. The molecule has 0 saturated carbocycles. The first-order valence-corrected chi connectivity index (χ1v) is 11.4. The van der Waals surface area contributed by atoms with Crippen molar-refractivity contribution in [3.05, 3.63) is 72.5 Å². The number of imidazole rings is 1. The standard InChI is InChI=1S/C25H20FN3O4S/c1-31-19-9-4-16(5-10-19)24-28-23(15-2-6-17(26)7-3-15)25(29-24)34-13-22(30)27-18-8-11-20-21(12-18)33-14-32-20/h2-12H,13-14H2,1H3,(H,27,30)(H,28,29). The molecule has 1 aliphatic heterocycles. The molecule has 5 rings (SSSR count). The highest BCUT2D eigenvalue weighted by Crippen LogP contribution is 2.35. The fourth-order valence-corrected chi connectivity index (χ4v) is 4.27. The lowest BCUT2D eigenvalue weighted by molar-refractivity contribution is -0.113. The number of methoxy groups -OCH3 is 1. The number of H-pyrrole nitrogens is 1.